The molecule has 3 heterocycles. The van der Waals surface area contributed by atoms with Crippen LogP contribution in [0.4, 0.5) is 0 Å². The van der Waals surface area contributed by atoms with Crippen molar-refractivity contribution in [3.8, 4) is 0 Å². The molecule has 1 atom stereocenters. The third-order valence-electron chi connectivity index (χ3n) is 4.22. The molecule has 4 rings (SSSR count). The van der Waals surface area contributed by atoms with E-state index in [2.05, 4.69) is 22.1 Å². The van der Waals surface area contributed by atoms with Gasteiger partial charge in [0.1, 0.15) is 6.54 Å². The molecule has 0 spiro atoms. The zero-order valence-electron chi connectivity index (χ0n) is 9.41. The molecule has 0 aromatic carbocycles. The maximum absolute atomic E-state index is 2.65. The van der Waals surface area contributed by atoms with Crippen molar-refractivity contribution < 1.29 is 4.58 Å². The molecule has 16 heavy (non-hydrogen) atoms. The molecule has 0 saturated heterocycles. The lowest BCUT2D eigenvalue weighted by molar-refractivity contribution is -0.529. The minimum atomic E-state index is 0.801. The molecule has 0 radical (unpaired) electrons. The van der Waals surface area contributed by atoms with Gasteiger partial charge in [-0.3, -0.25) is 0 Å². The average Bonchev–Trinajstić information content (AvgIpc) is 2.88. The van der Waals surface area contributed by atoms with Gasteiger partial charge >= 0.3 is 0 Å². The summed E-state index contributed by atoms with van der Waals surface area (Å²) in [6, 6.07) is 2.31. The zero-order valence-corrected chi connectivity index (χ0v) is 10.2. The van der Waals surface area contributed by atoms with E-state index >= 15 is 0 Å². The molecular formula is C14H16NS+. The van der Waals surface area contributed by atoms with Crippen molar-refractivity contribution >= 4 is 23.1 Å². The molecule has 1 nitrogen and oxygen atoms in total. The smallest absolute Gasteiger partial charge is 0.179 e. The van der Waals surface area contributed by atoms with Crippen LogP contribution in [0.5, 0.6) is 0 Å². The van der Waals surface area contributed by atoms with E-state index in [4.69, 9.17) is 0 Å². The Balaban J connectivity index is 1.82. The van der Waals surface area contributed by atoms with E-state index in [9.17, 15) is 0 Å². The van der Waals surface area contributed by atoms with Crippen LogP contribution in [0.3, 0.4) is 0 Å². The Labute approximate surface area is 100 Å². The van der Waals surface area contributed by atoms with Gasteiger partial charge in [0, 0.05) is 23.3 Å². The fourth-order valence-corrected chi connectivity index (χ4v) is 4.32. The fraction of sp³-hybridized carbons (Fsp3) is 0.500. The summed E-state index contributed by atoms with van der Waals surface area (Å²) in [5.41, 5.74) is 4.93. The Bertz CT molecular complexity index is 507. The first kappa shape index (κ1) is 9.17. The molecule has 82 valence electrons. The predicted molar refractivity (Wildman–Crippen MR) is 68.3 cm³/mol. The lowest BCUT2D eigenvalue weighted by Gasteiger charge is -2.14. The lowest BCUT2D eigenvalue weighted by atomic mass is 9.86. The van der Waals surface area contributed by atoms with Gasteiger partial charge in [0.15, 0.2) is 12.3 Å². The molecule has 1 unspecified atom stereocenters. The Kier molecular flexibility index (Phi) is 1.89. The van der Waals surface area contributed by atoms with Gasteiger partial charge in [-0.15, -0.1) is 11.3 Å². The number of fused-ring (bicyclic) bond motifs is 3. The first-order valence-electron chi connectivity index (χ1n) is 6.31. The second-order valence-corrected chi connectivity index (χ2v) is 6.11. The lowest BCUT2D eigenvalue weighted by Crippen LogP contribution is -2.21. The van der Waals surface area contributed by atoms with Crippen LogP contribution >= 0.6 is 11.3 Å². The average molecular weight is 230 g/mol. The van der Waals surface area contributed by atoms with Gasteiger partial charge in [0.05, 0.1) is 5.92 Å². The zero-order chi connectivity index (χ0) is 10.5. The molecule has 0 saturated carbocycles. The van der Waals surface area contributed by atoms with E-state index in [0.29, 0.717) is 0 Å². The quantitative estimate of drug-likeness (QED) is 0.603. The molecule has 1 aliphatic carbocycles. The van der Waals surface area contributed by atoms with E-state index in [0.717, 1.165) is 5.92 Å². The first-order chi connectivity index (χ1) is 7.92. The van der Waals surface area contributed by atoms with Crippen LogP contribution in [0.15, 0.2) is 17.0 Å². The summed E-state index contributed by atoms with van der Waals surface area (Å²) >= 11 is 1.91. The van der Waals surface area contributed by atoms with Gasteiger partial charge in [0.25, 0.3) is 0 Å². The van der Waals surface area contributed by atoms with Crippen molar-refractivity contribution in [1.82, 2.24) is 0 Å². The Morgan fingerprint density at radius 1 is 1.31 bits per heavy atom. The molecule has 2 aliphatic heterocycles. The highest BCUT2D eigenvalue weighted by Gasteiger charge is 2.39. The van der Waals surface area contributed by atoms with Gasteiger partial charge in [0.2, 0.25) is 0 Å². The Hall–Kier alpha value is -0.890. The molecule has 0 fully saturated rings. The van der Waals surface area contributed by atoms with Crippen molar-refractivity contribution in [1.29, 1.82) is 0 Å². The van der Waals surface area contributed by atoms with Gasteiger partial charge in [-0.1, -0.05) is 0 Å². The maximum Gasteiger partial charge on any atom is 0.179 e. The number of hydrogen-bond donors (Lipinski definition) is 0. The van der Waals surface area contributed by atoms with Crippen molar-refractivity contribution in [2.24, 2.45) is 5.92 Å². The van der Waals surface area contributed by atoms with Crippen LogP contribution in [-0.2, 0) is 6.42 Å². The third-order valence-corrected chi connectivity index (χ3v) is 5.13. The van der Waals surface area contributed by atoms with Crippen molar-refractivity contribution in [2.75, 3.05) is 13.1 Å². The summed E-state index contributed by atoms with van der Waals surface area (Å²) in [7, 11) is 0. The highest BCUT2D eigenvalue weighted by atomic mass is 32.1. The van der Waals surface area contributed by atoms with Gasteiger partial charge in [-0.25, -0.2) is 4.58 Å². The summed E-state index contributed by atoms with van der Waals surface area (Å²) in [6.45, 7) is 2.59. The molecule has 2 heteroatoms. The normalized spacial score (nSPS) is 27.2. The second-order valence-electron chi connectivity index (χ2n) is 5.16. The number of thiophene rings is 1. The molecule has 0 bridgehead atoms. The van der Waals surface area contributed by atoms with Gasteiger partial charge in [-0.05, 0) is 35.9 Å². The third kappa shape index (κ3) is 1.20. The first-order valence-corrected chi connectivity index (χ1v) is 7.19. The largest absolute Gasteiger partial charge is 0.233 e. The highest BCUT2D eigenvalue weighted by molar-refractivity contribution is 7.11. The highest BCUT2D eigenvalue weighted by Crippen LogP contribution is 2.37. The van der Waals surface area contributed by atoms with Crippen molar-refractivity contribution in [3.05, 3.63) is 27.5 Å². The van der Waals surface area contributed by atoms with E-state index in [-0.39, 0.29) is 0 Å². The van der Waals surface area contributed by atoms with Gasteiger partial charge in [-0.2, -0.15) is 0 Å². The summed E-state index contributed by atoms with van der Waals surface area (Å²) in [5.74, 6) is 0.801. The molecule has 0 N–H and O–H groups in total. The molecule has 1 aromatic rings. The summed E-state index contributed by atoms with van der Waals surface area (Å²) in [5, 5.41) is 2.24. The Morgan fingerprint density at radius 3 is 3.31 bits per heavy atom. The van der Waals surface area contributed by atoms with Crippen LogP contribution in [0.2, 0.25) is 0 Å². The molecule has 1 aromatic heterocycles. The Morgan fingerprint density at radius 2 is 2.31 bits per heavy atom. The van der Waals surface area contributed by atoms with Crippen LogP contribution < -0.4 is 0 Å². The van der Waals surface area contributed by atoms with E-state index in [1.54, 1.807) is 16.8 Å². The molecule has 0 amide bonds. The van der Waals surface area contributed by atoms with Crippen LogP contribution in [0, 0.1) is 5.92 Å². The SMILES string of the molecule is C1=C2C3=[N+](CCCC3)CC2Cc2ccsc21. The minimum Gasteiger partial charge on any atom is -0.233 e. The topological polar surface area (TPSA) is 3.01 Å². The summed E-state index contributed by atoms with van der Waals surface area (Å²) in [6.07, 6.45) is 7.88. The van der Waals surface area contributed by atoms with E-state index in [1.807, 2.05) is 11.3 Å². The number of hydrogen-bond acceptors (Lipinski definition) is 1. The van der Waals surface area contributed by atoms with E-state index < -0.39 is 0 Å². The summed E-state index contributed by atoms with van der Waals surface area (Å²) < 4.78 is 2.65. The van der Waals surface area contributed by atoms with E-state index in [1.165, 1.54) is 43.6 Å². The van der Waals surface area contributed by atoms with Crippen LogP contribution in [0.25, 0.3) is 6.08 Å². The second kappa shape index (κ2) is 3.30. The van der Waals surface area contributed by atoms with Crippen molar-refractivity contribution in [2.45, 2.75) is 25.7 Å². The molecular weight excluding hydrogens is 214 g/mol. The standard InChI is InChI=1S/C14H16NS/c1-2-5-15-9-11-7-10-4-6-16-14(10)8-12(11)13(15)3-1/h4,6,8,11H,1-3,5,7,9H2/q+1. The summed E-state index contributed by atoms with van der Waals surface area (Å²) in [4.78, 5) is 1.52. The monoisotopic (exact) mass is 230 g/mol. The minimum absolute atomic E-state index is 0.801. The number of rotatable bonds is 0. The predicted octanol–water partition coefficient (Wildman–Crippen LogP) is 2.95. The van der Waals surface area contributed by atoms with Gasteiger partial charge < -0.3 is 0 Å². The van der Waals surface area contributed by atoms with Crippen LogP contribution in [-0.4, -0.2) is 23.4 Å². The van der Waals surface area contributed by atoms with Crippen molar-refractivity contribution in [3.63, 3.8) is 0 Å². The van der Waals surface area contributed by atoms with Crippen LogP contribution in [0.1, 0.15) is 29.7 Å². The molecule has 3 aliphatic rings. The fourth-order valence-electron chi connectivity index (χ4n) is 3.44. The number of nitrogens with zero attached hydrogens (tertiary/aromatic N) is 1. The maximum atomic E-state index is 2.65.